The minimum atomic E-state index is -1.15. The van der Waals surface area contributed by atoms with Crippen molar-refractivity contribution in [1.82, 2.24) is 9.88 Å². The Kier molecular flexibility index (Phi) is 4.62. The third-order valence-electron chi connectivity index (χ3n) is 3.44. The van der Waals surface area contributed by atoms with Crippen molar-refractivity contribution in [2.75, 3.05) is 0 Å². The maximum absolute atomic E-state index is 12.2. The molecular formula is C14H18N2O5. The summed E-state index contributed by atoms with van der Waals surface area (Å²) in [5, 5.41) is 20.1. The maximum atomic E-state index is 12.2. The second kappa shape index (κ2) is 6.43. The summed E-state index contributed by atoms with van der Waals surface area (Å²) in [6.07, 6.45) is 4.05. The van der Waals surface area contributed by atoms with Crippen molar-refractivity contribution in [2.45, 2.75) is 44.2 Å². The van der Waals surface area contributed by atoms with Crippen molar-refractivity contribution in [3.8, 4) is 0 Å². The Balaban J connectivity index is 1.95. The van der Waals surface area contributed by atoms with Crippen LogP contribution in [0.15, 0.2) is 18.3 Å². The maximum Gasteiger partial charge on any atom is 0.326 e. The van der Waals surface area contributed by atoms with Crippen molar-refractivity contribution in [3.63, 3.8) is 0 Å². The van der Waals surface area contributed by atoms with Crippen LogP contribution in [0.25, 0.3) is 0 Å². The van der Waals surface area contributed by atoms with Crippen molar-refractivity contribution in [3.05, 3.63) is 24.0 Å². The van der Waals surface area contributed by atoms with Gasteiger partial charge >= 0.3 is 11.9 Å². The van der Waals surface area contributed by atoms with Gasteiger partial charge in [0.2, 0.25) is 0 Å². The number of hydrogen-bond donors (Lipinski definition) is 3. The Morgan fingerprint density at radius 3 is 2.62 bits per heavy atom. The van der Waals surface area contributed by atoms with Crippen LogP contribution >= 0.6 is 0 Å². The zero-order valence-corrected chi connectivity index (χ0v) is 11.5. The normalized spacial score (nSPS) is 15.4. The van der Waals surface area contributed by atoms with Crippen LogP contribution in [-0.4, -0.2) is 38.7 Å². The van der Waals surface area contributed by atoms with E-state index in [0.29, 0.717) is 11.7 Å². The molecule has 0 aliphatic heterocycles. The molecule has 0 radical (unpaired) electrons. The summed E-state index contributed by atoms with van der Waals surface area (Å²) in [4.78, 5) is 33.7. The summed E-state index contributed by atoms with van der Waals surface area (Å²) in [6, 6.07) is 2.67. The van der Waals surface area contributed by atoms with Gasteiger partial charge in [0.1, 0.15) is 11.7 Å². The summed E-state index contributed by atoms with van der Waals surface area (Å²) < 4.78 is 1.85. The standard InChI is InChI=1S/C14H18N2O5/c17-12(18)5-1-3-10(14(20)21)15-13(19)11-4-2-8-16(11)9-6-7-9/h2,4,8-10H,1,3,5-7H2,(H,15,19)(H,17,18)(H,20,21)/t10-/m1/s1. The fraction of sp³-hybridized carbons (Fsp3) is 0.500. The predicted molar refractivity (Wildman–Crippen MR) is 73.1 cm³/mol. The summed E-state index contributed by atoms with van der Waals surface area (Å²) in [6.45, 7) is 0. The highest BCUT2D eigenvalue weighted by Gasteiger charge is 2.28. The lowest BCUT2D eigenvalue weighted by molar-refractivity contribution is -0.140. The first-order valence-corrected chi connectivity index (χ1v) is 6.91. The molecule has 1 aliphatic rings. The van der Waals surface area contributed by atoms with Gasteiger partial charge in [0, 0.05) is 18.7 Å². The van der Waals surface area contributed by atoms with Gasteiger partial charge in [-0.1, -0.05) is 0 Å². The predicted octanol–water partition coefficient (Wildman–Crippen LogP) is 1.26. The van der Waals surface area contributed by atoms with E-state index in [1.807, 2.05) is 10.8 Å². The molecule has 0 spiro atoms. The van der Waals surface area contributed by atoms with Crippen LogP contribution in [0, 0.1) is 0 Å². The number of aliphatic carboxylic acids is 2. The van der Waals surface area contributed by atoms with Crippen molar-refractivity contribution < 1.29 is 24.6 Å². The van der Waals surface area contributed by atoms with E-state index in [4.69, 9.17) is 10.2 Å². The van der Waals surface area contributed by atoms with E-state index in [-0.39, 0.29) is 19.3 Å². The number of carboxylic acids is 2. The van der Waals surface area contributed by atoms with Crippen LogP contribution < -0.4 is 5.32 Å². The molecule has 3 N–H and O–H groups in total. The van der Waals surface area contributed by atoms with Gasteiger partial charge in [-0.25, -0.2) is 4.79 Å². The lowest BCUT2D eigenvalue weighted by Crippen LogP contribution is -2.41. The average molecular weight is 294 g/mol. The van der Waals surface area contributed by atoms with E-state index in [0.717, 1.165) is 12.8 Å². The summed E-state index contributed by atoms with van der Waals surface area (Å²) in [5.74, 6) is -2.57. The number of carbonyl (C=O) groups excluding carboxylic acids is 1. The van der Waals surface area contributed by atoms with E-state index in [1.165, 1.54) is 0 Å². The highest BCUT2D eigenvalue weighted by molar-refractivity contribution is 5.95. The largest absolute Gasteiger partial charge is 0.481 e. The zero-order valence-electron chi connectivity index (χ0n) is 11.5. The van der Waals surface area contributed by atoms with Gasteiger partial charge in [-0.15, -0.1) is 0 Å². The highest BCUT2D eigenvalue weighted by atomic mass is 16.4. The summed E-state index contributed by atoms with van der Waals surface area (Å²) >= 11 is 0. The number of rotatable bonds is 8. The molecule has 1 aromatic rings. The van der Waals surface area contributed by atoms with E-state index < -0.39 is 23.9 Å². The Labute approximate surface area is 121 Å². The Bertz CT molecular complexity index is 547. The van der Waals surface area contributed by atoms with Crippen LogP contribution in [0.4, 0.5) is 0 Å². The second-order valence-corrected chi connectivity index (χ2v) is 5.18. The molecule has 1 aromatic heterocycles. The molecule has 0 aromatic carbocycles. The van der Waals surface area contributed by atoms with Crippen molar-refractivity contribution in [1.29, 1.82) is 0 Å². The molecule has 1 heterocycles. The number of carbonyl (C=O) groups is 3. The van der Waals surface area contributed by atoms with Gasteiger partial charge < -0.3 is 20.1 Å². The molecule has 1 aliphatic carbocycles. The minimum absolute atomic E-state index is 0.0948. The molecule has 21 heavy (non-hydrogen) atoms. The van der Waals surface area contributed by atoms with E-state index in [9.17, 15) is 14.4 Å². The first-order chi connectivity index (χ1) is 9.99. The third-order valence-corrected chi connectivity index (χ3v) is 3.44. The monoisotopic (exact) mass is 294 g/mol. The number of nitrogens with one attached hydrogen (secondary N) is 1. The Morgan fingerprint density at radius 2 is 2.05 bits per heavy atom. The number of amides is 1. The summed E-state index contributed by atoms with van der Waals surface area (Å²) in [5.41, 5.74) is 0.446. The molecule has 7 heteroatoms. The Morgan fingerprint density at radius 1 is 1.33 bits per heavy atom. The van der Waals surface area contributed by atoms with Gasteiger partial charge in [-0.2, -0.15) is 0 Å². The highest BCUT2D eigenvalue weighted by Crippen LogP contribution is 2.35. The molecule has 0 unspecified atom stereocenters. The van der Waals surface area contributed by atoms with Crippen LogP contribution in [0.3, 0.4) is 0 Å². The molecule has 1 fully saturated rings. The molecule has 114 valence electrons. The zero-order chi connectivity index (χ0) is 15.4. The Hall–Kier alpha value is -2.31. The molecule has 0 saturated heterocycles. The number of nitrogens with zero attached hydrogens (tertiary/aromatic N) is 1. The topological polar surface area (TPSA) is 109 Å². The fourth-order valence-electron chi connectivity index (χ4n) is 2.20. The van der Waals surface area contributed by atoms with Crippen LogP contribution in [-0.2, 0) is 9.59 Å². The van der Waals surface area contributed by atoms with Gasteiger partial charge in [-0.3, -0.25) is 9.59 Å². The van der Waals surface area contributed by atoms with Gasteiger partial charge in [0.05, 0.1) is 0 Å². The molecule has 0 bridgehead atoms. The van der Waals surface area contributed by atoms with Crippen LogP contribution in [0.1, 0.15) is 48.6 Å². The van der Waals surface area contributed by atoms with Crippen LogP contribution in [0.2, 0.25) is 0 Å². The average Bonchev–Trinajstić information content (AvgIpc) is 3.14. The lowest BCUT2D eigenvalue weighted by Gasteiger charge is -2.15. The minimum Gasteiger partial charge on any atom is -0.481 e. The van der Waals surface area contributed by atoms with Gasteiger partial charge in [-0.05, 0) is 37.8 Å². The summed E-state index contributed by atoms with van der Waals surface area (Å²) in [7, 11) is 0. The quantitative estimate of drug-likeness (QED) is 0.669. The smallest absolute Gasteiger partial charge is 0.326 e. The van der Waals surface area contributed by atoms with Gasteiger partial charge in [0.15, 0.2) is 0 Å². The molecule has 1 amide bonds. The van der Waals surface area contributed by atoms with E-state index in [1.54, 1.807) is 12.1 Å². The van der Waals surface area contributed by atoms with E-state index >= 15 is 0 Å². The van der Waals surface area contributed by atoms with E-state index in [2.05, 4.69) is 5.32 Å². The van der Waals surface area contributed by atoms with Crippen LogP contribution in [0.5, 0.6) is 0 Å². The second-order valence-electron chi connectivity index (χ2n) is 5.18. The molecule has 1 atom stereocenters. The molecule has 1 saturated carbocycles. The first kappa shape index (κ1) is 15.1. The van der Waals surface area contributed by atoms with Crippen molar-refractivity contribution in [2.24, 2.45) is 0 Å². The number of hydrogen-bond acceptors (Lipinski definition) is 3. The lowest BCUT2D eigenvalue weighted by atomic mass is 10.1. The third kappa shape index (κ3) is 4.08. The molecular weight excluding hydrogens is 276 g/mol. The first-order valence-electron chi connectivity index (χ1n) is 6.91. The fourth-order valence-corrected chi connectivity index (χ4v) is 2.20. The molecule has 2 rings (SSSR count). The number of aromatic nitrogens is 1. The SMILES string of the molecule is O=C(O)CCC[C@@H](NC(=O)c1cccn1C1CC1)C(=O)O. The van der Waals surface area contributed by atoms with Gasteiger partial charge in [0.25, 0.3) is 5.91 Å². The number of carboxylic acid groups (broad SMARTS) is 2. The molecule has 7 nitrogen and oxygen atoms in total. The van der Waals surface area contributed by atoms with Crippen molar-refractivity contribution >= 4 is 17.8 Å².